The normalized spacial score (nSPS) is 25.4. The molecule has 1 amide bonds. The molecular weight excluding hydrogens is 388 g/mol. The molecule has 0 aromatic carbocycles. The number of carboxylic acid groups (broad SMARTS) is 1. The zero-order valence-corrected chi connectivity index (χ0v) is 16.4. The average molecular weight is 414 g/mol. The van der Waals surface area contributed by atoms with Gasteiger partial charge in [-0.25, -0.2) is 0 Å². The first-order valence-corrected chi connectivity index (χ1v) is 10.0. The van der Waals surface area contributed by atoms with E-state index in [0.717, 1.165) is 31.3 Å². The van der Waals surface area contributed by atoms with E-state index in [-0.39, 0.29) is 24.3 Å². The van der Waals surface area contributed by atoms with Crippen LogP contribution in [0.3, 0.4) is 0 Å². The standard InChI is InChI=1S/C15H24N6O3S.CH2O2/c16-14-17-18-15(25-14)21-6-11-5-20(7-12(21)10-24-9-11)13(22)8-19-1-3-23-4-2-19;2-1-3/h11-12H,1-10H2,(H2,16,17);1H,(H,2,3)/t11-,12-;/m0./s1. The number of nitrogens with zero attached hydrogens (tertiary/aromatic N) is 5. The van der Waals surface area contributed by atoms with Crippen molar-refractivity contribution in [2.45, 2.75) is 6.04 Å². The number of morpholine rings is 1. The molecular formula is C16H26N6O5S. The molecule has 3 aliphatic rings. The summed E-state index contributed by atoms with van der Waals surface area (Å²) in [6.07, 6.45) is 0. The van der Waals surface area contributed by atoms with Gasteiger partial charge in [-0.05, 0) is 0 Å². The maximum absolute atomic E-state index is 12.8. The molecule has 0 aliphatic carbocycles. The molecule has 2 bridgehead atoms. The highest BCUT2D eigenvalue weighted by atomic mass is 32.1. The molecule has 11 nitrogen and oxygen atoms in total. The number of rotatable bonds is 3. The molecule has 0 radical (unpaired) electrons. The zero-order chi connectivity index (χ0) is 19.9. The number of ether oxygens (including phenoxy) is 2. The molecule has 0 unspecified atom stereocenters. The lowest BCUT2D eigenvalue weighted by molar-refractivity contribution is -0.135. The van der Waals surface area contributed by atoms with Crippen LogP contribution in [0.2, 0.25) is 0 Å². The van der Waals surface area contributed by atoms with Crippen molar-refractivity contribution in [1.82, 2.24) is 20.0 Å². The number of hydrogen-bond donors (Lipinski definition) is 2. The van der Waals surface area contributed by atoms with Gasteiger partial charge in [0.1, 0.15) is 0 Å². The van der Waals surface area contributed by atoms with Crippen LogP contribution in [-0.2, 0) is 19.1 Å². The minimum Gasteiger partial charge on any atom is -0.483 e. The van der Waals surface area contributed by atoms with E-state index in [4.69, 9.17) is 25.1 Å². The number of nitrogen functional groups attached to an aromatic ring is 1. The average Bonchev–Trinajstić information content (AvgIpc) is 2.89. The van der Waals surface area contributed by atoms with Crippen LogP contribution < -0.4 is 10.6 Å². The maximum Gasteiger partial charge on any atom is 0.290 e. The molecule has 0 spiro atoms. The van der Waals surface area contributed by atoms with E-state index in [0.29, 0.717) is 44.6 Å². The molecule has 12 heteroatoms. The molecule has 0 saturated carbocycles. The van der Waals surface area contributed by atoms with Crippen molar-refractivity contribution >= 4 is 34.0 Å². The molecule has 3 saturated heterocycles. The van der Waals surface area contributed by atoms with Crippen LogP contribution in [0.4, 0.5) is 10.3 Å². The highest BCUT2D eigenvalue weighted by molar-refractivity contribution is 7.18. The van der Waals surface area contributed by atoms with E-state index < -0.39 is 0 Å². The molecule has 3 fully saturated rings. The third-order valence-corrected chi connectivity index (χ3v) is 5.75. The van der Waals surface area contributed by atoms with Crippen LogP contribution in [-0.4, -0.2) is 109 Å². The number of carbonyl (C=O) groups is 2. The van der Waals surface area contributed by atoms with E-state index in [1.165, 1.54) is 11.3 Å². The Kier molecular flexibility index (Phi) is 7.36. The van der Waals surface area contributed by atoms with Gasteiger partial charge in [0.05, 0.1) is 39.0 Å². The van der Waals surface area contributed by atoms with Crippen molar-refractivity contribution in [2.75, 3.05) is 76.3 Å². The van der Waals surface area contributed by atoms with Crippen LogP contribution in [0.15, 0.2) is 0 Å². The van der Waals surface area contributed by atoms with Crippen LogP contribution >= 0.6 is 11.3 Å². The minimum absolute atomic E-state index is 0.0912. The van der Waals surface area contributed by atoms with Crippen molar-refractivity contribution in [2.24, 2.45) is 5.92 Å². The summed E-state index contributed by atoms with van der Waals surface area (Å²) >= 11 is 1.39. The number of anilines is 2. The van der Waals surface area contributed by atoms with Gasteiger partial charge < -0.3 is 30.1 Å². The van der Waals surface area contributed by atoms with Crippen molar-refractivity contribution in [3.05, 3.63) is 0 Å². The van der Waals surface area contributed by atoms with Gasteiger partial charge in [-0.2, -0.15) is 0 Å². The Hall–Kier alpha value is -2.02. The minimum atomic E-state index is -0.250. The summed E-state index contributed by atoms with van der Waals surface area (Å²) in [6.45, 7) is 6.74. The molecule has 156 valence electrons. The van der Waals surface area contributed by atoms with Crippen molar-refractivity contribution < 1.29 is 24.2 Å². The number of nitrogens with two attached hydrogens (primary N) is 1. The van der Waals surface area contributed by atoms with Gasteiger partial charge >= 0.3 is 0 Å². The van der Waals surface area contributed by atoms with E-state index in [1.54, 1.807) is 0 Å². The van der Waals surface area contributed by atoms with Gasteiger partial charge in [0.2, 0.25) is 16.2 Å². The van der Waals surface area contributed by atoms with Gasteiger partial charge in [-0.3, -0.25) is 14.5 Å². The number of hydrogen-bond acceptors (Lipinski definition) is 10. The lowest BCUT2D eigenvalue weighted by Gasteiger charge is -2.33. The van der Waals surface area contributed by atoms with Crippen LogP contribution in [0.5, 0.6) is 0 Å². The van der Waals surface area contributed by atoms with E-state index in [2.05, 4.69) is 20.0 Å². The second-order valence-electron chi connectivity index (χ2n) is 6.93. The fourth-order valence-electron chi connectivity index (χ4n) is 3.67. The van der Waals surface area contributed by atoms with E-state index >= 15 is 0 Å². The molecule has 28 heavy (non-hydrogen) atoms. The second-order valence-corrected chi connectivity index (χ2v) is 7.91. The van der Waals surface area contributed by atoms with Crippen LogP contribution in [0.1, 0.15) is 0 Å². The Labute approximate surface area is 167 Å². The zero-order valence-electron chi connectivity index (χ0n) is 15.6. The lowest BCUT2D eigenvalue weighted by Crippen LogP contribution is -2.50. The largest absolute Gasteiger partial charge is 0.483 e. The van der Waals surface area contributed by atoms with Gasteiger partial charge in [-0.15, -0.1) is 10.2 Å². The molecule has 3 N–H and O–H groups in total. The summed E-state index contributed by atoms with van der Waals surface area (Å²) < 4.78 is 11.2. The Balaban J connectivity index is 0.000000706. The summed E-state index contributed by atoms with van der Waals surface area (Å²) in [4.78, 5) is 27.6. The predicted molar refractivity (Wildman–Crippen MR) is 102 cm³/mol. The van der Waals surface area contributed by atoms with E-state index in [1.807, 2.05) is 4.90 Å². The molecule has 2 atom stereocenters. The molecule has 1 aromatic heterocycles. The summed E-state index contributed by atoms with van der Waals surface area (Å²) in [7, 11) is 0. The fraction of sp³-hybridized carbons (Fsp3) is 0.750. The molecule has 4 rings (SSSR count). The number of fused-ring (bicyclic) bond motifs is 3. The van der Waals surface area contributed by atoms with Gasteiger partial charge in [0, 0.05) is 38.6 Å². The second kappa shape index (κ2) is 9.96. The monoisotopic (exact) mass is 414 g/mol. The quantitative estimate of drug-likeness (QED) is 0.582. The number of amides is 1. The van der Waals surface area contributed by atoms with Crippen molar-refractivity contribution in [1.29, 1.82) is 0 Å². The van der Waals surface area contributed by atoms with Crippen molar-refractivity contribution in [3.8, 4) is 0 Å². The Morgan fingerprint density at radius 1 is 1.21 bits per heavy atom. The predicted octanol–water partition coefficient (Wildman–Crippen LogP) is -1.18. The summed E-state index contributed by atoms with van der Waals surface area (Å²) in [5.74, 6) is 0.462. The summed E-state index contributed by atoms with van der Waals surface area (Å²) in [5, 5.41) is 16.3. The van der Waals surface area contributed by atoms with E-state index in [9.17, 15) is 4.79 Å². The summed E-state index contributed by atoms with van der Waals surface area (Å²) in [5.41, 5.74) is 5.75. The van der Waals surface area contributed by atoms with Crippen LogP contribution in [0.25, 0.3) is 0 Å². The highest BCUT2D eigenvalue weighted by Gasteiger charge is 2.36. The Morgan fingerprint density at radius 3 is 2.64 bits per heavy atom. The number of aromatic nitrogens is 2. The maximum atomic E-state index is 12.8. The first kappa shape index (κ1) is 20.7. The molecule has 4 heterocycles. The SMILES string of the molecule is Nc1nnc(N2C[C@H]3COC[C@@H]2CN(C(=O)CN2CCOCC2)C3)s1.O=CO. The highest BCUT2D eigenvalue weighted by Crippen LogP contribution is 2.29. The topological polar surface area (TPSA) is 134 Å². The smallest absolute Gasteiger partial charge is 0.290 e. The lowest BCUT2D eigenvalue weighted by atomic mass is 10.1. The third-order valence-electron chi connectivity index (χ3n) is 4.96. The Morgan fingerprint density at radius 2 is 1.96 bits per heavy atom. The molecule has 1 aromatic rings. The summed E-state index contributed by atoms with van der Waals surface area (Å²) in [6, 6.07) is 0.0912. The van der Waals surface area contributed by atoms with Crippen molar-refractivity contribution in [3.63, 3.8) is 0 Å². The fourth-order valence-corrected chi connectivity index (χ4v) is 4.37. The van der Waals surface area contributed by atoms with Gasteiger partial charge in [0.25, 0.3) is 6.47 Å². The van der Waals surface area contributed by atoms with Gasteiger partial charge in [0.15, 0.2) is 0 Å². The molecule has 3 aliphatic heterocycles. The van der Waals surface area contributed by atoms with Crippen LogP contribution in [0, 0.1) is 5.92 Å². The first-order chi connectivity index (χ1) is 13.6. The first-order valence-electron chi connectivity index (χ1n) is 9.19. The Bertz CT molecular complexity index is 655. The number of carbonyl (C=O) groups excluding carboxylic acids is 1. The van der Waals surface area contributed by atoms with Gasteiger partial charge in [-0.1, -0.05) is 11.3 Å². The third kappa shape index (κ3) is 5.28.